The monoisotopic (exact) mass is 230 g/mol. The normalized spacial score (nSPS) is 35.9. The fourth-order valence-corrected chi connectivity index (χ4v) is 3.80. The number of hydrogen-bond donors (Lipinski definition) is 0. The molecule has 2 atom stereocenters. The fraction of sp³-hybridized carbons (Fsp3) is 0.909. The van der Waals surface area contributed by atoms with Gasteiger partial charge >= 0.3 is 0 Å². The van der Waals surface area contributed by atoms with Crippen LogP contribution in [0.15, 0.2) is 0 Å². The number of ether oxygens (including phenoxy) is 2. The van der Waals surface area contributed by atoms with Crippen LogP contribution >= 0.6 is 11.8 Å². The molecule has 2 fully saturated rings. The molecule has 2 heterocycles. The topological polar surface area (TPSA) is 35.5 Å². The van der Waals surface area contributed by atoms with E-state index in [1.54, 1.807) is 7.11 Å². The molecule has 2 saturated heterocycles. The standard InChI is InChI=1S/C11H18O3S/c1-13-7-10(12)9-2-4-14-11(6-9)3-5-15-8-11/h9H,2-8H2,1H3. The average Bonchev–Trinajstić information content (AvgIpc) is 2.67. The minimum Gasteiger partial charge on any atom is -0.377 e. The lowest BCUT2D eigenvalue weighted by atomic mass is 9.83. The highest BCUT2D eigenvalue weighted by Crippen LogP contribution is 2.40. The fourth-order valence-electron chi connectivity index (χ4n) is 2.43. The van der Waals surface area contributed by atoms with E-state index >= 15 is 0 Å². The Morgan fingerprint density at radius 3 is 3.20 bits per heavy atom. The third-order valence-corrected chi connectivity index (χ3v) is 4.53. The maximum Gasteiger partial charge on any atom is 0.161 e. The van der Waals surface area contributed by atoms with E-state index in [0.29, 0.717) is 0 Å². The summed E-state index contributed by atoms with van der Waals surface area (Å²) in [5, 5.41) is 0. The molecule has 0 aromatic carbocycles. The Hall–Kier alpha value is -0.0600. The molecular weight excluding hydrogens is 212 g/mol. The Labute approximate surface area is 94.9 Å². The highest BCUT2D eigenvalue weighted by atomic mass is 32.2. The number of rotatable bonds is 3. The largest absolute Gasteiger partial charge is 0.377 e. The molecule has 0 amide bonds. The van der Waals surface area contributed by atoms with Gasteiger partial charge in [-0.25, -0.2) is 0 Å². The first-order valence-corrected chi connectivity index (χ1v) is 6.65. The zero-order chi connectivity index (χ0) is 10.7. The molecule has 0 aliphatic carbocycles. The first-order chi connectivity index (χ1) is 7.26. The molecule has 2 aliphatic heterocycles. The second kappa shape index (κ2) is 4.85. The maximum absolute atomic E-state index is 11.8. The van der Waals surface area contributed by atoms with Gasteiger partial charge in [-0.3, -0.25) is 4.79 Å². The lowest BCUT2D eigenvalue weighted by Crippen LogP contribution is -2.42. The van der Waals surface area contributed by atoms with E-state index in [1.807, 2.05) is 11.8 Å². The molecule has 3 nitrogen and oxygen atoms in total. The van der Waals surface area contributed by atoms with Crippen molar-refractivity contribution in [3.8, 4) is 0 Å². The Morgan fingerprint density at radius 2 is 2.53 bits per heavy atom. The predicted molar refractivity (Wildman–Crippen MR) is 60.2 cm³/mol. The van der Waals surface area contributed by atoms with Gasteiger partial charge in [-0.05, 0) is 25.0 Å². The van der Waals surface area contributed by atoms with Crippen molar-refractivity contribution in [2.45, 2.75) is 24.9 Å². The second-order valence-corrected chi connectivity index (χ2v) is 5.53. The minimum absolute atomic E-state index is 0.0109. The number of carbonyl (C=O) groups is 1. The van der Waals surface area contributed by atoms with E-state index in [9.17, 15) is 4.79 Å². The van der Waals surface area contributed by atoms with Gasteiger partial charge in [-0.15, -0.1) is 0 Å². The average molecular weight is 230 g/mol. The lowest BCUT2D eigenvalue weighted by molar-refractivity contribution is -0.137. The van der Waals surface area contributed by atoms with Gasteiger partial charge in [0.25, 0.3) is 0 Å². The molecule has 2 unspecified atom stereocenters. The van der Waals surface area contributed by atoms with Crippen LogP contribution in [0.5, 0.6) is 0 Å². The molecular formula is C11H18O3S. The summed E-state index contributed by atoms with van der Waals surface area (Å²) in [4.78, 5) is 11.8. The molecule has 2 aliphatic rings. The third-order valence-electron chi connectivity index (χ3n) is 3.30. The van der Waals surface area contributed by atoms with Crippen molar-refractivity contribution in [3.05, 3.63) is 0 Å². The van der Waals surface area contributed by atoms with Gasteiger partial charge in [0.1, 0.15) is 6.61 Å². The van der Waals surface area contributed by atoms with Crippen LogP contribution in [0.4, 0.5) is 0 Å². The van der Waals surface area contributed by atoms with Crippen molar-refractivity contribution < 1.29 is 14.3 Å². The van der Waals surface area contributed by atoms with E-state index < -0.39 is 0 Å². The Bertz CT molecular complexity index is 236. The Balaban J connectivity index is 1.94. The SMILES string of the molecule is COCC(=O)C1CCOC2(CCSC2)C1. The molecule has 0 aromatic rings. The molecule has 0 bridgehead atoms. The van der Waals surface area contributed by atoms with Crippen LogP contribution in [0, 0.1) is 5.92 Å². The van der Waals surface area contributed by atoms with Gasteiger partial charge in [0.05, 0.1) is 5.60 Å². The van der Waals surface area contributed by atoms with E-state index in [2.05, 4.69) is 0 Å². The molecule has 4 heteroatoms. The van der Waals surface area contributed by atoms with Crippen LogP contribution < -0.4 is 0 Å². The predicted octanol–water partition coefficient (Wildman–Crippen LogP) is 1.50. The summed E-state index contributed by atoms with van der Waals surface area (Å²) in [6, 6.07) is 0. The van der Waals surface area contributed by atoms with Gasteiger partial charge in [-0.2, -0.15) is 11.8 Å². The molecule has 0 radical (unpaired) electrons. The van der Waals surface area contributed by atoms with Crippen molar-refractivity contribution in [1.29, 1.82) is 0 Å². The van der Waals surface area contributed by atoms with Gasteiger partial charge in [0.15, 0.2) is 5.78 Å². The quantitative estimate of drug-likeness (QED) is 0.736. The van der Waals surface area contributed by atoms with Crippen molar-refractivity contribution in [2.75, 3.05) is 31.8 Å². The highest BCUT2D eigenvalue weighted by Gasteiger charge is 2.42. The van der Waals surface area contributed by atoms with Crippen molar-refractivity contribution in [2.24, 2.45) is 5.92 Å². The smallest absolute Gasteiger partial charge is 0.161 e. The first-order valence-electron chi connectivity index (χ1n) is 5.49. The van der Waals surface area contributed by atoms with Crippen LogP contribution in [0.25, 0.3) is 0 Å². The number of hydrogen-bond acceptors (Lipinski definition) is 4. The highest BCUT2D eigenvalue weighted by molar-refractivity contribution is 7.99. The zero-order valence-corrected chi connectivity index (χ0v) is 9.98. The lowest BCUT2D eigenvalue weighted by Gasteiger charge is -2.37. The molecule has 0 saturated carbocycles. The summed E-state index contributed by atoms with van der Waals surface area (Å²) in [6.07, 6.45) is 2.88. The van der Waals surface area contributed by atoms with E-state index in [1.165, 1.54) is 5.75 Å². The van der Waals surface area contributed by atoms with Crippen LogP contribution in [0.3, 0.4) is 0 Å². The molecule has 0 aromatic heterocycles. The second-order valence-electron chi connectivity index (χ2n) is 4.42. The number of Topliss-reactive ketones (excluding diaryl/α,β-unsaturated/α-hetero) is 1. The third kappa shape index (κ3) is 2.55. The zero-order valence-electron chi connectivity index (χ0n) is 9.16. The molecule has 1 spiro atoms. The number of methoxy groups -OCH3 is 1. The van der Waals surface area contributed by atoms with Crippen molar-refractivity contribution >= 4 is 17.5 Å². The van der Waals surface area contributed by atoms with E-state index in [-0.39, 0.29) is 23.9 Å². The van der Waals surface area contributed by atoms with Gasteiger partial charge in [0, 0.05) is 25.4 Å². The summed E-state index contributed by atoms with van der Waals surface area (Å²) in [5.74, 6) is 2.64. The Morgan fingerprint density at radius 1 is 1.67 bits per heavy atom. The van der Waals surface area contributed by atoms with Gasteiger partial charge < -0.3 is 9.47 Å². The number of carbonyl (C=O) groups excluding carboxylic acids is 1. The molecule has 86 valence electrons. The van der Waals surface area contributed by atoms with Crippen LogP contribution in [0.1, 0.15) is 19.3 Å². The van der Waals surface area contributed by atoms with Crippen molar-refractivity contribution in [3.63, 3.8) is 0 Å². The van der Waals surface area contributed by atoms with Crippen molar-refractivity contribution in [1.82, 2.24) is 0 Å². The van der Waals surface area contributed by atoms with Gasteiger partial charge in [0.2, 0.25) is 0 Å². The number of ketones is 1. The van der Waals surface area contributed by atoms with Crippen LogP contribution in [0.2, 0.25) is 0 Å². The number of thioether (sulfide) groups is 1. The molecule has 15 heavy (non-hydrogen) atoms. The maximum atomic E-state index is 11.8. The van der Waals surface area contributed by atoms with Crippen LogP contribution in [-0.4, -0.2) is 43.2 Å². The summed E-state index contributed by atoms with van der Waals surface area (Å²) >= 11 is 1.94. The molecule has 0 N–H and O–H groups in total. The van der Waals surface area contributed by atoms with E-state index in [4.69, 9.17) is 9.47 Å². The summed E-state index contributed by atoms with van der Waals surface area (Å²) in [6.45, 7) is 0.995. The van der Waals surface area contributed by atoms with Gasteiger partial charge in [-0.1, -0.05) is 0 Å². The van der Waals surface area contributed by atoms with E-state index in [0.717, 1.165) is 31.6 Å². The summed E-state index contributed by atoms with van der Waals surface area (Å²) < 4.78 is 10.8. The minimum atomic E-state index is 0.0109. The first kappa shape index (κ1) is 11.4. The summed E-state index contributed by atoms with van der Waals surface area (Å²) in [5.41, 5.74) is 0.0109. The van der Waals surface area contributed by atoms with Crippen LogP contribution in [-0.2, 0) is 14.3 Å². The molecule has 2 rings (SSSR count). The summed E-state index contributed by atoms with van der Waals surface area (Å²) in [7, 11) is 1.58. The Kier molecular flexibility index (Phi) is 3.69.